The molecule has 3 heteroatoms. The molecule has 0 atom stereocenters. The van der Waals surface area contributed by atoms with Gasteiger partial charge in [-0.25, -0.2) is 4.98 Å². The first-order valence-electron chi connectivity index (χ1n) is 17.8. The Labute approximate surface area is 303 Å². The minimum absolute atomic E-state index is 1.01. The monoisotopic (exact) mass is 676 g/mol. The molecular formula is C49H28N2S. The second-order valence-corrected chi connectivity index (χ2v) is 15.0. The van der Waals surface area contributed by atoms with E-state index < -0.39 is 0 Å². The normalized spacial score (nSPS) is 12.2. The van der Waals surface area contributed by atoms with Crippen LogP contribution in [0.5, 0.6) is 0 Å². The lowest BCUT2D eigenvalue weighted by molar-refractivity contribution is 1.19. The van der Waals surface area contributed by atoms with E-state index in [0.29, 0.717) is 0 Å². The van der Waals surface area contributed by atoms with Crippen molar-refractivity contribution in [3.8, 4) is 50.3 Å². The summed E-state index contributed by atoms with van der Waals surface area (Å²) in [6.07, 6.45) is 0. The number of hydrogen-bond acceptors (Lipinski definition) is 2. The van der Waals surface area contributed by atoms with Crippen LogP contribution in [0.4, 0.5) is 0 Å². The van der Waals surface area contributed by atoms with E-state index in [9.17, 15) is 0 Å². The SMILES string of the molecule is c1ccc2c(c1)-c1cccc3nc(-c4ccc5cc(-n6c7ccccc7c7cc(-c8ccc9sc%10ccccc%10c9c8)ccc76)ccc5c4)cc-2c13. The molecule has 11 aromatic rings. The molecule has 8 aromatic carbocycles. The van der Waals surface area contributed by atoms with Crippen molar-refractivity contribution in [2.45, 2.75) is 0 Å². The van der Waals surface area contributed by atoms with Crippen LogP contribution in [0.15, 0.2) is 170 Å². The molecule has 0 amide bonds. The van der Waals surface area contributed by atoms with Gasteiger partial charge in [0.25, 0.3) is 0 Å². The molecule has 2 nitrogen and oxygen atoms in total. The fraction of sp³-hybridized carbons (Fsp3) is 0. The first kappa shape index (κ1) is 28.2. The molecule has 0 spiro atoms. The summed E-state index contributed by atoms with van der Waals surface area (Å²) in [4.78, 5) is 5.17. The molecule has 0 aliphatic heterocycles. The second-order valence-electron chi connectivity index (χ2n) is 13.9. The smallest absolute Gasteiger partial charge is 0.0722 e. The molecule has 0 saturated heterocycles. The lowest BCUT2D eigenvalue weighted by Crippen LogP contribution is -1.94. The highest BCUT2D eigenvalue weighted by molar-refractivity contribution is 7.25. The quantitative estimate of drug-likeness (QED) is 0.182. The standard InChI is InChI=1S/C49H28N2S/c1-2-9-36-35(8-1)39-12-7-13-43-49(39)42(36)28-44(50-43)33-17-16-30-25-34(21-18-29(30)24-33)51-45-14-5-3-10-37(45)40-26-31(19-22-46(40)51)32-20-23-48-41(27-32)38-11-4-6-15-47(38)52-48/h1-28H. The molecule has 0 unspecified atom stereocenters. The molecule has 240 valence electrons. The minimum Gasteiger partial charge on any atom is -0.309 e. The summed E-state index contributed by atoms with van der Waals surface area (Å²) < 4.78 is 5.08. The van der Waals surface area contributed by atoms with Gasteiger partial charge in [0.1, 0.15) is 0 Å². The average molecular weight is 677 g/mol. The molecule has 0 bridgehead atoms. The molecule has 12 rings (SSSR count). The Hall–Kier alpha value is -6.55. The zero-order valence-electron chi connectivity index (χ0n) is 28.0. The summed E-state index contributed by atoms with van der Waals surface area (Å²) in [5, 5.41) is 8.85. The van der Waals surface area contributed by atoms with Crippen LogP contribution in [0.1, 0.15) is 0 Å². The molecule has 3 heterocycles. The molecule has 1 aliphatic carbocycles. The first-order chi connectivity index (χ1) is 25.7. The number of aromatic nitrogens is 2. The van der Waals surface area contributed by atoms with E-state index in [1.165, 1.54) is 91.5 Å². The Kier molecular flexibility index (Phi) is 5.68. The Morgan fingerprint density at radius 1 is 0.404 bits per heavy atom. The number of benzene rings is 8. The van der Waals surface area contributed by atoms with Gasteiger partial charge in [-0.15, -0.1) is 11.3 Å². The van der Waals surface area contributed by atoms with Crippen molar-refractivity contribution in [2.75, 3.05) is 0 Å². The van der Waals surface area contributed by atoms with Crippen molar-refractivity contribution >= 4 is 75.0 Å². The third kappa shape index (κ3) is 3.97. The molecule has 1 aliphatic rings. The number of hydrogen-bond donors (Lipinski definition) is 0. The Balaban J connectivity index is 0.968. The summed E-state index contributed by atoms with van der Waals surface area (Å²) in [6.45, 7) is 0. The van der Waals surface area contributed by atoms with E-state index >= 15 is 0 Å². The number of pyridine rings is 1. The van der Waals surface area contributed by atoms with E-state index in [2.05, 4.69) is 174 Å². The maximum Gasteiger partial charge on any atom is 0.0722 e. The fourth-order valence-corrected chi connectivity index (χ4v) is 9.78. The van der Waals surface area contributed by atoms with Crippen molar-refractivity contribution in [1.29, 1.82) is 0 Å². The molecular weight excluding hydrogens is 649 g/mol. The van der Waals surface area contributed by atoms with Gasteiger partial charge in [0.2, 0.25) is 0 Å². The second kappa shape index (κ2) is 10.5. The summed E-state index contributed by atoms with van der Waals surface area (Å²) in [5.74, 6) is 0. The van der Waals surface area contributed by atoms with E-state index in [-0.39, 0.29) is 0 Å². The summed E-state index contributed by atoms with van der Waals surface area (Å²) in [5.41, 5.74) is 14.4. The number of nitrogens with zero attached hydrogens (tertiary/aromatic N) is 2. The third-order valence-electron chi connectivity index (χ3n) is 11.1. The first-order valence-corrected chi connectivity index (χ1v) is 18.6. The zero-order valence-corrected chi connectivity index (χ0v) is 28.8. The maximum absolute atomic E-state index is 5.17. The molecule has 0 N–H and O–H groups in total. The molecule has 52 heavy (non-hydrogen) atoms. The number of para-hydroxylation sites is 1. The summed E-state index contributed by atoms with van der Waals surface area (Å²) >= 11 is 1.87. The highest BCUT2D eigenvalue weighted by Crippen LogP contribution is 2.48. The lowest BCUT2D eigenvalue weighted by Gasteiger charge is -2.11. The van der Waals surface area contributed by atoms with Crippen molar-refractivity contribution < 1.29 is 0 Å². The average Bonchev–Trinajstić information content (AvgIpc) is 3.85. The number of fused-ring (bicyclic) bond motifs is 10. The van der Waals surface area contributed by atoms with Crippen molar-refractivity contribution in [2.24, 2.45) is 0 Å². The van der Waals surface area contributed by atoms with Crippen LogP contribution in [0.25, 0.3) is 114 Å². The van der Waals surface area contributed by atoms with Gasteiger partial charge < -0.3 is 4.57 Å². The highest BCUT2D eigenvalue weighted by atomic mass is 32.1. The van der Waals surface area contributed by atoms with Crippen LogP contribution in [0.3, 0.4) is 0 Å². The van der Waals surface area contributed by atoms with Crippen LogP contribution >= 0.6 is 11.3 Å². The van der Waals surface area contributed by atoms with E-state index in [4.69, 9.17) is 4.98 Å². The van der Waals surface area contributed by atoms with Gasteiger partial charge in [-0.3, -0.25) is 0 Å². The van der Waals surface area contributed by atoms with Crippen molar-refractivity contribution in [1.82, 2.24) is 9.55 Å². The van der Waals surface area contributed by atoms with Gasteiger partial charge in [0, 0.05) is 47.6 Å². The maximum atomic E-state index is 5.17. The predicted molar refractivity (Wildman–Crippen MR) is 222 cm³/mol. The summed E-state index contributed by atoms with van der Waals surface area (Å²) in [7, 11) is 0. The number of thiophene rings is 1. The Morgan fingerprint density at radius 3 is 2.00 bits per heavy atom. The predicted octanol–water partition coefficient (Wildman–Crippen LogP) is 13.8. The van der Waals surface area contributed by atoms with Gasteiger partial charge in [-0.2, -0.15) is 0 Å². The molecule has 0 radical (unpaired) electrons. The Morgan fingerprint density at radius 2 is 1.08 bits per heavy atom. The van der Waals surface area contributed by atoms with Crippen LogP contribution in [0.2, 0.25) is 0 Å². The number of rotatable bonds is 3. The van der Waals surface area contributed by atoms with E-state index in [1.54, 1.807) is 0 Å². The largest absolute Gasteiger partial charge is 0.309 e. The van der Waals surface area contributed by atoms with E-state index in [0.717, 1.165) is 22.5 Å². The van der Waals surface area contributed by atoms with Crippen LogP contribution < -0.4 is 0 Å². The molecule has 0 fully saturated rings. The zero-order chi connectivity index (χ0) is 33.9. The van der Waals surface area contributed by atoms with Gasteiger partial charge >= 0.3 is 0 Å². The van der Waals surface area contributed by atoms with Crippen LogP contribution in [0, 0.1) is 0 Å². The topological polar surface area (TPSA) is 17.8 Å². The van der Waals surface area contributed by atoms with Crippen molar-refractivity contribution in [3.05, 3.63) is 170 Å². The lowest BCUT2D eigenvalue weighted by atomic mass is 10.00. The Bertz CT molecular complexity index is 3310. The molecule has 3 aromatic heterocycles. The highest BCUT2D eigenvalue weighted by Gasteiger charge is 2.22. The minimum atomic E-state index is 1.01. The van der Waals surface area contributed by atoms with Gasteiger partial charge in [-0.05, 0) is 111 Å². The third-order valence-corrected chi connectivity index (χ3v) is 12.3. The van der Waals surface area contributed by atoms with Crippen LogP contribution in [-0.2, 0) is 0 Å². The van der Waals surface area contributed by atoms with Gasteiger partial charge in [0.15, 0.2) is 0 Å². The molecule has 0 saturated carbocycles. The van der Waals surface area contributed by atoms with Gasteiger partial charge in [0.05, 0.1) is 22.2 Å². The fourth-order valence-electron chi connectivity index (χ4n) is 8.69. The van der Waals surface area contributed by atoms with Crippen LogP contribution in [-0.4, -0.2) is 9.55 Å². The van der Waals surface area contributed by atoms with Crippen molar-refractivity contribution in [3.63, 3.8) is 0 Å². The van der Waals surface area contributed by atoms with Gasteiger partial charge in [-0.1, -0.05) is 103 Å². The van der Waals surface area contributed by atoms with E-state index in [1.807, 2.05) is 11.3 Å². The summed E-state index contributed by atoms with van der Waals surface area (Å²) in [6, 6.07) is 62.5.